The van der Waals surface area contributed by atoms with E-state index in [1.165, 1.54) is 24.3 Å². The number of rotatable bonds is 7. The van der Waals surface area contributed by atoms with Crippen molar-refractivity contribution in [2.24, 2.45) is 0 Å². The van der Waals surface area contributed by atoms with Crippen molar-refractivity contribution in [3.8, 4) is 115 Å². The summed E-state index contributed by atoms with van der Waals surface area (Å²) in [5.74, 6) is -19.0. The third-order valence-corrected chi connectivity index (χ3v) is 16.0. The van der Waals surface area contributed by atoms with E-state index in [-0.39, 0.29) is 39.1 Å². The van der Waals surface area contributed by atoms with Gasteiger partial charge >= 0.3 is 0 Å². The average molecular weight is 1160 g/mol. The lowest BCUT2D eigenvalue weighted by Gasteiger charge is -2.43. The fourth-order valence-corrected chi connectivity index (χ4v) is 12.2. The molecular weight excluding hydrogens is 1100 g/mol. The third-order valence-electron chi connectivity index (χ3n) is 16.0. The second-order valence-electron chi connectivity index (χ2n) is 21.0. The molecule has 11 unspecified atom stereocenters. The maximum atomic E-state index is 13.2. The number of aromatic hydroxyl groups is 16. The van der Waals surface area contributed by atoms with Gasteiger partial charge < -0.3 is 121 Å². The Bertz CT molecular complexity index is 4030. The smallest absolute Gasteiger partial charge is 0.157 e. The van der Waals surface area contributed by atoms with Gasteiger partial charge in [0.25, 0.3) is 0 Å². The average Bonchev–Trinajstić information content (AvgIpc) is 1.02. The summed E-state index contributed by atoms with van der Waals surface area (Å²) in [5.41, 5.74) is -3.28. The van der Waals surface area contributed by atoms with E-state index >= 15 is 0 Å². The van der Waals surface area contributed by atoms with Crippen LogP contribution in [0.2, 0.25) is 0 Å². The molecule has 0 amide bonds. The molecule has 0 bridgehead atoms. The maximum Gasteiger partial charge on any atom is 0.157 e. The largest absolute Gasteiger partial charge is 0.508 e. The highest BCUT2D eigenvalue weighted by Crippen LogP contribution is 2.64. The van der Waals surface area contributed by atoms with Crippen molar-refractivity contribution in [2.75, 3.05) is 0 Å². The first-order valence-electron chi connectivity index (χ1n) is 25.7. The van der Waals surface area contributed by atoms with Gasteiger partial charge in [0.05, 0.1) is 23.9 Å². The second kappa shape index (κ2) is 19.7. The highest BCUT2D eigenvalue weighted by molar-refractivity contribution is 5.73. The van der Waals surface area contributed by atoms with Gasteiger partial charge in [-0.3, -0.25) is 0 Å². The minimum atomic E-state index is -2.16. The SMILES string of the molecule is Oc1cc(O)c2c(c1)OC(c1ccc(O)c(O)c1)C(O)C2c1c(O)cc(O)c2c1OC(c1ccc(O)c(O)c1)C(O)C2c1c(O)cc2c(c1O)C(c1c(O)cc(O)c3c1OC(c1ccc(O)c(O)c1)C(O)C3)C(O)C(c1ccc(O)c(O)c1)O2. The van der Waals surface area contributed by atoms with Gasteiger partial charge in [0.2, 0.25) is 0 Å². The summed E-state index contributed by atoms with van der Waals surface area (Å²) in [4.78, 5) is 0. The second-order valence-corrected chi connectivity index (χ2v) is 21.0. The molecule has 4 aliphatic heterocycles. The van der Waals surface area contributed by atoms with E-state index in [4.69, 9.17) is 18.9 Å². The molecule has 8 aromatic carbocycles. The first-order chi connectivity index (χ1) is 39.9. The molecule has 12 rings (SSSR count). The van der Waals surface area contributed by atoms with Crippen molar-refractivity contribution in [1.29, 1.82) is 0 Å². The molecule has 20 N–H and O–H groups in total. The predicted octanol–water partition coefficient (Wildman–Crippen LogP) is 5.89. The van der Waals surface area contributed by atoms with Crippen LogP contribution in [-0.4, -0.2) is 127 Å². The van der Waals surface area contributed by atoms with Gasteiger partial charge in [-0.05, 0) is 70.8 Å². The van der Waals surface area contributed by atoms with Crippen LogP contribution >= 0.6 is 0 Å². The predicted molar refractivity (Wildman–Crippen MR) is 285 cm³/mol. The van der Waals surface area contributed by atoms with Crippen molar-refractivity contribution in [1.82, 2.24) is 0 Å². The Kier molecular flexibility index (Phi) is 12.7. The van der Waals surface area contributed by atoms with Crippen molar-refractivity contribution in [3.63, 3.8) is 0 Å². The van der Waals surface area contributed by atoms with Crippen LogP contribution in [0.5, 0.6) is 115 Å². The van der Waals surface area contributed by atoms with Crippen molar-refractivity contribution < 1.29 is 121 Å². The van der Waals surface area contributed by atoms with E-state index in [0.717, 1.165) is 78.9 Å². The van der Waals surface area contributed by atoms with Gasteiger partial charge in [-0.2, -0.15) is 0 Å². The summed E-state index contributed by atoms with van der Waals surface area (Å²) in [6.07, 6.45) is -14.6. The zero-order chi connectivity index (χ0) is 59.8. The maximum absolute atomic E-state index is 13.2. The van der Waals surface area contributed by atoms with Crippen LogP contribution in [0.3, 0.4) is 0 Å². The Morgan fingerprint density at radius 3 is 1.11 bits per heavy atom. The molecule has 24 nitrogen and oxygen atoms in total. The Hall–Kier alpha value is -10.4. The van der Waals surface area contributed by atoms with Gasteiger partial charge in [0, 0.05) is 75.7 Å². The van der Waals surface area contributed by atoms with Gasteiger partial charge in [0.1, 0.15) is 93.4 Å². The van der Waals surface area contributed by atoms with E-state index in [2.05, 4.69) is 0 Å². The minimum absolute atomic E-state index is 0.0000721. The number of fused-ring (bicyclic) bond motifs is 4. The molecule has 84 heavy (non-hydrogen) atoms. The zero-order valence-corrected chi connectivity index (χ0v) is 43.0. The van der Waals surface area contributed by atoms with E-state index in [1.807, 2.05) is 0 Å². The number of phenols is 16. The van der Waals surface area contributed by atoms with Crippen LogP contribution < -0.4 is 18.9 Å². The number of aliphatic hydroxyl groups is 4. The quantitative estimate of drug-likeness (QED) is 0.0827. The molecule has 0 saturated carbocycles. The number of hydrogen-bond donors (Lipinski definition) is 20. The van der Waals surface area contributed by atoms with Gasteiger partial charge in [-0.25, -0.2) is 0 Å². The monoisotopic (exact) mass is 1150 g/mol. The molecule has 4 aliphatic rings. The van der Waals surface area contributed by atoms with Crippen LogP contribution in [0.25, 0.3) is 0 Å². The molecule has 434 valence electrons. The number of hydrogen-bond acceptors (Lipinski definition) is 24. The third kappa shape index (κ3) is 8.44. The molecule has 0 saturated heterocycles. The minimum Gasteiger partial charge on any atom is -0.508 e. The molecule has 0 aromatic heterocycles. The van der Waals surface area contributed by atoms with Crippen LogP contribution in [0.4, 0.5) is 0 Å². The van der Waals surface area contributed by atoms with Gasteiger partial charge in [-0.1, -0.05) is 24.3 Å². The molecule has 0 aliphatic carbocycles. The van der Waals surface area contributed by atoms with Crippen molar-refractivity contribution in [2.45, 2.75) is 73.0 Å². The highest BCUT2D eigenvalue weighted by Gasteiger charge is 2.53. The molecule has 8 aromatic rings. The lowest BCUT2D eigenvalue weighted by Crippen LogP contribution is -2.39. The summed E-state index contributed by atoms with van der Waals surface area (Å²) in [6, 6.07) is 17.9. The highest BCUT2D eigenvalue weighted by atomic mass is 16.5. The van der Waals surface area contributed by atoms with Crippen LogP contribution in [0.15, 0.2) is 103 Å². The summed E-state index contributed by atoms with van der Waals surface area (Å²) in [7, 11) is 0. The Morgan fingerprint density at radius 2 is 0.643 bits per heavy atom. The molecule has 0 radical (unpaired) electrons. The van der Waals surface area contributed by atoms with E-state index in [1.54, 1.807) is 0 Å². The first kappa shape index (κ1) is 54.2. The molecule has 11 atom stereocenters. The van der Waals surface area contributed by atoms with Crippen LogP contribution in [0, 0.1) is 0 Å². The molecule has 24 heteroatoms. The topological polar surface area (TPSA) is 442 Å². The zero-order valence-electron chi connectivity index (χ0n) is 43.0. The molecule has 0 fully saturated rings. The number of aliphatic hydroxyl groups excluding tert-OH is 4. The first-order valence-corrected chi connectivity index (χ1v) is 25.7. The molecule has 0 spiro atoms. The summed E-state index contributed by atoms with van der Waals surface area (Å²) < 4.78 is 25.4. The van der Waals surface area contributed by atoms with Crippen LogP contribution in [-0.2, 0) is 6.42 Å². The number of phenolic OH excluding ortho intramolecular Hbond substituents is 16. The lowest BCUT2D eigenvalue weighted by atomic mass is 9.72. The normalized spacial score (nSPS) is 24.0. The summed E-state index contributed by atoms with van der Waals surface area (Å²) in [6.45, 7) is 0. The number of benzene rings is 8. The molecule has 4 heterocycles. The fraction of sp³-hybridized carbons (Fsp3) is 0.200. The van der Waals surface area contributed by atoms with E-state index in [9.17, 15) is 102 Å². The summed E-state index contributed by atoms with van der Waals surface area (Å²) >= 11 is 0. The summed E-state index contributed by atoms with van der Waals surface area (Å²) in [5, 5.41) is 229. The number of ether oxygens (including phenoxy) is 4. The lowest BCUT2D eigenvalue weighted by molar-refractivity contribution is -0.00439. The standard InChI is InChI=1S/C60H50O24/c61-23-13-34(71)42-40(14-23)81-56(20-2-6-26(63)31(68)10-20)52(78)48(42)45-36(73)17-37(74)46-49(53(79)58(84-60(45)46)22-4-8-28(65)33(70)12-22)43-38(75)18-41-47(51(43)77)50(54(80)57(82-41)21-3-7-27(64)32(69)11-21)44-35(72)16-29(66)24-15-39(76)55(83-59(24)44)19-1-5-25(62)30(67)9-19/h1-14,16-18,39,48-50,52-58,61-80H,15H2. The van der Waals surface area contributed by atoms with E-state index < -0.39 is 210 Å². The van der Waals surface area contributed by atoms with Crippen molar-refractivity contribution >= 4 is 0 Å². The molecular formula is C60H50O24. The van der Waals surface area contributed by atoms with Crippen molar-refractivity contribution in [3.05, 3.63) is 164 Å². The fourth-order valence-electron chi connectivity index (χ4n) is 12.2. The van der Waals surface area contributed by atoms with Crippen LogP contribution in [0.1, 0.15) is 103 Å². The Labute approximate surface area is 472 Å². The Morgan fingerprint density at radius 1 is 0.286 bits per heavy atom. The Balaban J connectivity index is 1.11. The van der Waals surface area contributed by atoms with Gasteiger partial charge in [-0.15, -0.1) is 0 Å². The van der Waals surface area contributed by atoms with Gasteiger partial charge in [0.15, 0.2) is 64.3 Å². The van der Waals surface area contributed by atoms with E-state index in [0.29, 0.717) is 0 Å².